The fourth-order valence-electron chi connectivity index (χ4n) is 14.8. The number of carbonyl (C=O) groups excluding carboxylic acids is 2. The van der Waals surface area contributed by atoms with E-state index in [1.54, 1.807) is 43.0 Å². The average molecular weight is 2090 g/mol. The summed E-state index contributed by atoms with van der Waals surface area (Å²) in [6, 6.07) is 31.8. The van der Waals surface area contributed by atoms with Gasteiger partial charge in [-0.25, -0.2) is 87.5 Å². The van der Waals surface area contributed by atoms with Gasteiger partial charge in [-0.05, 0) is 242 Å². The maximum absolute atomic E-state index is 13.3. The third-order valence-corrected chi connectivity index (χ3v) is 22.7. The van der Waals surface area contributed by atoms with Crippen molar-refractivity contribution < 1.29 is 71.7 Å². The van der Waals surface area contributed by atoms with Crippen molar-refractivity contribution in [3.8, 4) is 17.5 Å². The van der Waals surface area contributed by atoms with Gasteiger partial charge in [-0.3, -0.25) is 29.0 Å². The standard InChI is InChI=1S/C27H28F3N7O3.C22H20F3N7O.C14H12F3N5OS.C14H20N2O2.C8H10N4OS.C6H3BrF3N.ClH/c1-5-36-23(38)19-14-31-24(34-22(19)37(36)21-8-6-7-20(33-21)27(28,29)30)32-18-10-9-16-11-12-35(15-17(16)13-18)25(39)40-26(2,3)4;1-2-31-20(33)16-12-27-21(28-15-7-6-13-8-9-26-11-14(13)10-15)30-19(16)32(31)18-5-3-4-17(29-18)22(23,24)25;1-3-21-12(23)8-7-18-13(24-2)20-11(8)22(21)10-6-4-5-9(19-10)14(15,16)17;1-14(2,3)18-13(17)16-7-6-10-4-5-12(15)8-11(10)9-16;1-3-12-7(13)5-4-9-8(14-2)10-6(5)11-12;7-5-3-1-2-4(11-5)6(8,9)10;/h6-10,13-14H,5,11-12,15H2,1-4H3,(H,31,32,34);3-7,10,12,26H,2,8-9,11H2,1H3,(H,27,28,30);4-7H,3H2,1-2H3;4-5,8H,6-7,9,15H2,1-3H3;4H,3H2,1-2H3,(H,9,10,11);1-3H;1H. The van der Waals surface area contributed by atoms with Gasteiger partial charge in [0.05, 0.1) is 0 Å². The third kappa shape index (κ3) is 25.5. The summed E-state index contributed by atoms with van der Waals surface area (Å²) in [5.41, 5.74) is 9.55. The molecule has 15 heterocycles. The number of carbonyl (C=O) groups is 2. The number of hydrogen-bond acceptors (Lipinski definition) is 26. The maximum atomic E-state index is 13.3. The molecule has 746 valence electrons. The minimum atomic E-state index is -4.65. The molecule has 50 heteroatoms. The molecule has 0 spiro atoms. The zero-order valence-electron chi connectivity index (χ0n) is 77.5. The molecule has 3 aliphatic rings. The van der Waals surface area contributed by atoms with E-state index in [4.69, 9.17) is 15.2 Å². The predicted molar refractivity (Wildman–Crippen MR) is 513 cm³/mol. The van der Waals surface area contributed by atoms with Gasteiger partial charge in [0.1, 0.15) is 60.1 Å². The number of aromatic nitrogens is 20. The number of H-pyrrole nitrogens is 1. The van der Waals surface area contributed by atoms with Crippen LogP contribution in [0.4, 0.5) is 91.2 Å². The van der Waals surface area contributed by atoms with Gasteiger partial charge in [0.25, 0.3) is 22.2 Å². The van der Waals surface area contributed by atoms with E-state index in [9.17, 15) is 81.5 Å². The topological polar surface area (TPSA) is 394 Å². The lowest BCUT2D eigenvalue weighted by Crippen LogP contribution is -2.39. The van der Waals surface area contributed by atoms with Crippen LogP contribution in [0.3, 0.4) is 0 Å². The molecule has 0 aliphatic carbocycles. The number of halogens is 14. The second-order valence-corrected chi connectivity index (χ2v) is 35.5. The lowest BCUT2D eigenvalue weighted by atomic mass is 9.99. The Morgan fingerprint density at radius 2 is 0.816 bits per heavy atom. The van der Waals surface area contributed by atoms with Crippen LogP contribution in [-0.2, 0) is 99.3 Å². The second kappa shape index (κ2) is 43.9. The number of pyridine rings is 4. The fourth-order valence-corrected chi connectivity index (χ4v) is 15.8. The van der Waals surface area contributed by atoms with Gasteiger partial charge in [0.2, 0.25) is 11.9 Å². The molecular formula is C91H94BrClF12N26O8S2. The SMILES string of the molecule is CC(C)(C)OC(=O)N1CCc2ccc(N)cc2C1.CCn1[nH]c2nc(SC)ncc2c1=O.CCn1c(=O)c2cnc(Nc3ccc4c(c3)CN(C(=O)OC(C)(C)C)CC4)nc2n1-c1cccc(C(F)(F)F)n1.CCn1c(=O)c2cnc(Nc3ccc4c(c3)CNCC4)nc2n1-c1cccc(C(F)(F)F)n1.CCn1c(=O)c2cnc(SC)nc2n1-c1cccc(C(F)(F)F)n1.Cl.FC(F)(F)c1cccc(Br)n1. The van der Waals surface area contributed by atoms with Gasteiger partial charge in [-0.2, -0.15) is 62.7 Å². The number of nitrogens with zero attached hydrogens (tertiary/aromatic N) is 21. The van der Waals surface area contributed by atoms with Crippen LogP contribution in [-0.4, -0.2) is 163 Å². The first kappa shape index (κ1) is 106. The molecule has 6 N–H and O–H groups in total. The Morgan fingerprint density at radius 3 is 1.21 bits per heavy atom. The van der Waals surface area contributed by atoms with Crippen LogP contribution in [0.15, 0.2) is 186 Å². The van der Waals surface area contributed by atoms with Crippen molar-refractivity contribution in [2.45, 2.75) is 181 Å². The van der Waals surface area contributed by atoms with Gasteiger partial charge in [-0.15, -0.1) is 12.4 Å². The lowest BCUT2D eigenvalue weighted by molar-refractivity contribution is -0.142. The quantitative estimate of drug-likeness (QED) is 0.0235. The molecule has 3 aromatic carbocycles. The first-order valence-electron chi connectivity index (χ1n) is 43.3. The van der Waals surface area contributed by atoms with Crippen LogP contribution < -0.4 is 43.9 Å². The van der Waals surface area contributed by atoms with Gasteiger partial charge in [-0.1, -0.05) is 66.0 Å². The summed E-state index contributed by atoms with van der Waals surface area (Å²) in [6.07, 6.45) is -7.00. The van der Waals surface area contributed by atoms with Gasteiger partial charge in [0, 0.05) is 101 Å². The van der Waals surface area contributed by atoms with Crippen LogP contribution in [0, 0.1) is 0 Å². The normalized spacial score (nSPS) is 13.1. The Morgan fingerprint density at radius 1 is 0.440 bits per heavy atom. The van der Waals surface area contributed by atoms with E-state index in [0.717, 1.165) is 78.3 Å². The van der Waals surface area contributed by atoms with Crippen molar-refractivity contribution in [2.75, 3.05) is 48.5 Å². The smallest absolute Gasteiger partial charge is 0.433 e. The summed E-state index contributed by atoms with van der Waals surface area (Å²) < 4.78 is 174. The molecule has 12 aromatic heterocycles. The molecule has 34 nitrogen and oxygen atoms in total. The van der Waals surface area contributed by atoms with E-state index in [1.165, 1.54) is 140 Å². The average Bonchev–Trinajstić information content (AvgIpc) is 1.61. The Labute approximate surface area is 817 Å². The number of aromatic amines is 1. The highest BCUT2D eigenvalue weighted by molar-refractivity contribution is 9.10. The van der Waals surface area contributed by atoms with E-state index >= 15 is 0 Å². The summed E-state index contributed by atoms with van der Waals surface area (Å²) in [4.78, 5) is 126. The number of aryl methyl sites for hydroxylation is 1. The highest BCUT2D eigenvalue weighted by atomic mass is 79.9. The summed E-state index contributed by atoms with van der Waals surface area (Å²) >= 11 is 5.57. The van der Waals surface area contributed by atoms with Gasteiger partial charge < -0.3 is 41.0 Å². The van der Waals surface area contributed by atoms with E-state index in [1.807, 2.05) is 109 Å². The first-order valence-corrected chi connectivity index (χ1v) is 46.5. The minimum absolute atomic E-state index is 0. The maximum Gasteiger partial charge on any atom is 0.433 e. The first-order chi connectivity index (χ1) is 66.2. The highest BCUT2D eigenvalue weighted by Crippen LogP contribution is 2.36. The fraction of sp³-hybridized carbons (Fsp3) is 0.341. The molecule has 0 fully saturated rings. The Hall–Kier alpha value is -13.8. The molecule has 0 atom stereocenters. The van der Waals surface area contributed by atoms with Gasteiger partial charge in [0.15, 0.2) is 50.4 Å². The van der Waals surface area contributed by atoms with Crippen molar-refractivity contribution in [3.63, 3.8) is 0 Å². The van der Waals surface area contributed by atoms with Crippen molar-refractivity contribution in [2.24, 2.45) is 0 Å². The number of nitrogen functional groups attached to an aromatic ring is 1. The van der Waals surface area contributed by atoms with E-state index in [2.05, 4.69) is 96.8 Å². The molecule has 15 aromatic rings. The van der Waals surface area contributed by atoms with E-state index < -0.39 is 69.8 Å². The Bertz CT molecular complexity index is 7350. The zero-order chi connectivity index (χ0) is 101. The largest absolute Gasteiger partial charge is 0.444 e. The van der Waals surface area contributed by atoms with Crippen LogP contribution in [0.2, 0.25) is 0 Å². The molecule has 0 unspecified atom stereocenters. The number of alkyl halides is 12. The van der Waals surface area contributed by atoms with Gasteiger partial charge >= 0.3 is 36.9 Å². The summed E-state index contributed by atoms with van der Waals surface area (Å²) in [5.74, 6) is 0.193. The Balaban J connectivity index is 0.000000159. The number of ether oxygens (including phenoxy) is 2. The van der Waals surface area contributed by atoms with Crippen molar-refractivity contribution >= 4 is 137 Å². The molecule has 0 bridgehead atoms. The molecule has 18 rings (SSSR count). The molecule has 0 radical (unpaired) electrons. The van der Waals surface area contributed by atoms with Crippen molar-refractivity contribution in [1.29, 1.82) is 0 Å². The lowest BCUT2D eigenvalue weighted by Gasteiger charge is -2.31. The monoisotopic (exact) mass is 2080 g/mol. The van der Waals surface area contributed by atoms with Crippen molar-refractivity contribution in [3.05, 3.63) is 254 Å². The number of benzene rings is 3. The Kier molecular flexibility index (Phi) is 33.0. The summed E-state index contributed by atoms with van der Waals surface area (Å²) in [7, 11) is 0. The molecule has 141 heavy (non-hydrogen) atoms. The third-order valence-electron chi connectivity index (χ3n) is 21.2. The number of amides is 2. The number of rotatable bonds is 13. The second-order valence-electron chi connectivity index (χ2n) is 33.2. The van der Waals surface area contributed by atoms with Crippen LogP contribution in [0.5, 0.6) is 0 Å². The molecule has 2 amide bonds. The van der Waals surface area contributed by atoms with E-state index in [-0.39, 0.29) is 122 Å². The van der Waals surface area contributed by atoms with Crippen LogP contribution in [0.1, 0.15) is 125 Å². The molecule has 3 aliphatic heterocycles. The summed E-state index contributed by atoms with van der Waals surface area (Å²) in [6.45, 7) is 23.3. The van der Waals surface area contributed by atoms with E-state index in [0.29, 0.717) is 66.2 Å². The summed E-state index contributed by atoms with van der Waals surface area (Å²) in [5, 5.41) is 14.7. The number of nitrogens with two attached hydrogens (primary N) is 1. The number of anilines is 5. The number of fused-ring (bicyclic) bond motifs is 7. The van der Waals surface area contributed by atoms with Crippen LogP contribution >= 0.6 is 51.9 Å². The van der Waals surface area contributed by atoms with Crippen molar-refractivity contribution in [1.82, 2.24) is 113 Å². The number of thioether (sulfide) groups is 2. The minimum Gasteiger partial charge on any atom is -0.444 e. The number of hydrogen-bond donors (Lipinski definition) is 5. The zero-order valence-corrected chi connectivity index (χ0v) is 81.5. The number of nitrogens with one attached hydrogen (secondary N) is 4. The van der Waals surface area contributed by atoms with Crippen LogP contribution in [0.25, 0.3) is 61.6 Å². The predicted octanol–water partition coefficient (Wildman–Crippen LogP) is 17.9. The molecule has 0 saturated carbocycles. The molecule has 0 saturated heterocycles. The molecular weight excluding hydrogens is 1990 g/mol. The highest BCUT2D eigenvalue weighted by Gasteiger charge is 2.38.